The van der Waals surface area contributed by atoms with Crippen LogP contribution in [0.2, 0.25) is 5.02 Å². The van der Waals surface area contributed by atoms with Crippen LogP contribution in [0.5, 0.6) is 5.75 Å². The van der Waals surface area contributed by atoms with Crippen LogP contribution >= 0.6 is 11.6 Å². The maximum Gasteiger partial charge on any atom is 0.272 e. The molecular formula is C21H20ClN3O3. The first kappa shape index (κ1) is 18.5. The molecule has 0 bridgehead atoms. The fraction of sp³-hybridized carbons (Fsp3) is 0.238. The van der Waals surface area contributed by atoms with Gasteiger partial charge in [0.05, 0.1) is 32.3 Å². The van der Waals surface area contributed by atoms with Crippen molar-refractivity contribution in [2.45, 2.75) is 25.8 Å². The van der Waals surface area contributed by atoms with E-state index in [9.17, 15) is 4.79 Å². The number of amides is 1. The molecule has 2 aromatic carbocycles. The maximum absolute atomic E-state index is 12.6. The number of carbonyl (C=O) groups is 1. The molecule has 7 heteroatoms. The molecule has 0 fully saturated rings. The Balaban J connectivity index is 1.43. The molecule has 6 nitrogen and oxygen atoms in total. The molecule has 1 aliphatic heterocycles. The van der Waals surface area contributed by atoms with E-state index in [1.54, 1.807) is 19.5 Å². The van der Waals surface area contributed by atoms with E-state index in [0.29, 0.717) is 30.4 Å². The van der Waals surface area contributed by atoms with Crippen molar-refractivity contribution in [3.63, 3.8) is 0 Å². The molecule has 1 atom stereocenters. The zero-order valence-corrected chi connectivity index (χ0v) is 16.1. The first-order chi connectivity index (χ1) is 13.6. The van der Waals surface area contributed by atoms with Crippen molar-refractivity contribution in [3.8, 4) is 5.75 Å². The highest BCUT2D eigenvalue weighted by molar-refractivity contribution is 6.30. The van der Waals surface area contributed by atoms with Gasteiger partial charge in [-0.05, 0) is 35.4 Å². The van der Waals surface area contributed by atoms with E-state index in [-0.39, 0.29) is 12.0 Å². The number of hydrogen-bond acceptors (Lipinski definition) is 4. The van der Waals surface area contributed by atoms with E-state index in [2.05, 4.69) is 10.3 Å². The molecule has 3 aromatic rings. The Hall–Kier alpha value is -2.83. The molecule has 1 aromatic heterocycles. The first-order valence-corrected chi connectivity index (χ1v) is 9.34. The summed E-state index contributed by atoms with van der Waals surface area (Å²) in [4.78, 5) is 16.9. The number of rotatable bonds is 5. The predicted molar refractivity (Wildman–Crippen MR) is 105 cm³/mol. The van der Waals surface area contributed by atoms with Crippen molar-refractivity contribution < 1.29 is 14.3 Å². The number of nitrogens with zero attached hydrogens (tertiary/aromatic N) is 2. The highest BCUT2D eigenvalue weighted by Gasteiger charge is 2.26. The van der Waals surface area contributed by atoms with E-state index in [0.717, 1.165) is 22.6 Å². The van der Waals surface area contributed by atoms with Crippen LogP contribution in [0.3, 0.4) is 0 Å². The van der Waals surface area contributed by atoms with Crippen molar-refractivity contribution in [1.82, 2.24) is 14.9 Å². The number of hydrogen-bond donors (Lipinski definition) is 1. The Morgan fingerprint density at radius 1 is 1.32 bits per heavy atom. The van der Waals surface area contributed by atoms with Gasteiger partial charge < -0.3 is 19.4 Å². The predicted octanol–water partition coefficient (Wildman–Crippen LogP) is 3.75. The molecule has 144 valence electrons. The van der Waals surface area contributed by atoms with Crippen molar-refractivity contribution in [2.75, 3.05) is 7.11 Å². The van der Waals surface area contributed by atoms with Gasteiger partial charge in [0.15, 0.2) is 5.69 Å². The molecular weight excluding hydrogens is 378 g/mol. The Morgan fingerprint density at radius 3 is 2.89 bits per heavy atom. The average Bonchev–Trinajstić information content (AvgIpc) is 3.15. The lowest BCUT2D eigenvalue weighted by molar-refractivity contribution is 0.00255. The number of nitrogens with one attached hydrogen (secondary N) is 1. The van der Waals surface area contributed by atoms with Crippen LogP contribution in [-0.4, -0.2) is 22.6 Å². The molecule has 4 rings (SSSR count). The van der Waals surface area contributed by atoms with Crippen LogP contribution in [0, 0.1) is 0 Å². The van der Waals surface area contributed by atoms with E-state index in [1.165, 1.54) is 0 Å². The minimum absolute atomic E-state index is 0.0880. The van der Waals surface area contributed by atoms with Crippen molar-refractivity contribution in [2.24, 2.45) is 0 Å². The summed E-state index contributed by atoms with van der Waals surface area (Å²) in [6, 6.07) is 15.2. The fourth-order valence-electron chi connectivity index (χ4n) is 3.25. The second-order valence-corrected chi connectivity index (χ2v) is 7.01. The van der Waals surface area contributed by atoms with E-state index in [1.807, 2.05) is 47.0 Å². The Bertz CT molecular complexity index is 985. The van der Waals surface area contributed by atoms with Gasteiger partial charge in [0.2, 0.25) is 0 Å². The summed E-state index contributed by atoms with van der Waals surface area (Å²) in [7, 11) is 1.64. The van der Waals surface area contributed by atoms with E-state index in [4.69, 9.17) is 21.1 Å². The Morgan fingerprint density at radius 2 is 2.14 bits per heavy atom. The SMILES string of the molecule is COc1ccc(C2Cn3cnc(C(=O)NCc4cccc(Cl)c4)c3CO2)cc1. The lowest BCUT2D eigenvalue weighted by atomic mass is 10.1. The number of imidazole rings is 1. The Kier molecular flexibility index (Phi) is 5.32. The largest absolute Gasteiger partial charge is 0.497 e. The van der Waals surface area contributed by atoms with Gasteiger partial charge in [-0.3, -0.25) is 4.79 Å². The van der Waals surface area contributed by atoms with Crippen LogP contribution in [0.25, 0.3) is 0 Å². The topological polar surface area (TPSA) is 65.4 Å². The number of halogens is 1. The summed E-state index contributed by atoms with van der Waals surface area (Å²) in [6.45, 7) is 1.33. The van der Waals surface area contributed by atoms with E-state index < -0.39 is 0 Å². The number of aromatic nitrogens is 2. The normalized spacial score (nSPS) is 15.7. The quantitative estimate of drug-likeness (QED) is 0.712. The molecule has 1 unspecified atom stereocenters. The summed E-state index contributed by atoms with van der Waals surface area (Å²) in [5.41, 5.74) is 3.18. The van der Waals surface area contributed by atoms with Gasteiger partial charge in [-0.25, -0.2) is 4.98 Å². The molecule has 1 aliphatic rings. The van der Waals surface area contributed by atoms with Crippen LogP contribution in [0.1, 0.15) is 33.4 Å². The summed E-state index contributed by atoms with van der Waals surface area (Å²) < 4.78 is 13.2. The molecule has 1 amide bonds. The molecule has 1 N–H and O–H groups in total. The standard InChI is InChI=1S/C21H20ClN3O3/c1-27-17-7-5-15(6-8-17)19-11-25-13-24-20(18(25)12-28-19)21(26)23-10-14-3-2-4-16(22)9-14/h2-9,13,19H,10-12H2,1H3,(H,23,26). The molecule has 0 saturated heterocycles. The monoisotopic (exact) mass is 397 g/mol. The van der Waals surface area contributed by atoms with Crippen molar-refractivity contribution >= 4 is 17.5 Å². The first-order valence-electron chi connectivity index (χ1n) is 8.96. The number of methoxy groups -OCH3 is 1. The van der Waals surface area contributed by atoms with Gasteiger partial charge >= 0.3 is 0 Å². The summed E-state index contributed by atoms with van der Waals surface area (Å²) >= 11 is 5.98. The van der Waals surface area contributed by atoms with Gasteiger partial charge in [-0.1, -0.05) is 35.9 Å². The van der Waals surface area contributed by atoms with Crippen LogP contribution in [0.4, 0.5) is 0 Å². The molecule has 0 spiro atoms. The molecule has 0 aliphatic carbocycles. The number of ether oxygens (including phenoxy) is 2. The lowest BCUT2D eigenvalue weighted by Gasteiger charge is -2.25. The minimum Gasteiger partial charge on any atom is -0.497 e. The number of carbonyl (C=O) groups excluding carboxylic acids is 1. The molecule has 0 saturated carbocycles. The van der Waals surface area contributed by atoms with Gasteiger partial charge in [0.1, 0.15) is 11.9 Å². The van der Waals surface area contributed by atoms with Gasteiger partial charge in [0, 0.05) is 11.6 Å². The van der Waals surface area contributed by atoms with Crippen LogP contribution in [-0.2, 0) is 24.4 Å². The minimum atomic E-state index is -0.222. The number of fused-ring (bicyclic) bond motifs is 1. The summed E-state index contributed by atoms with van der Waals surface area (Å²) in [5.74, 6) is 0.585. The third-order valence-electron chi connectivity index (χ3n) is 4.77. The maximum atomic E-state index is 12.6. The second kappa shape index (κ2) is 8.04. The molecule has 28 heavy (non-hydrogen) atoms. The smallest absolute Gasteiger partial charge is 0.272 e. The average molecular weight is 398 g/mol. The highest BCUT2D eigenvalue weighted by atomic mass is 35.5. The van der Waals surface area contributed by atoms with Crippen molar-refractivity contribution in [3.05, 3.63) is 82.4 Å². The van der Waals surface area contributed by atoms with Crippen molar-refractivity contribution in [1.29, 1.82) is 0 Å². The summed E-state index contributed by atoms with van der Waals surface area (Å²) in [5, 5.41) is 3.53. The van der Waals surface area contributed by atoms with Gasteiger partial charge in [-0.2, -0.15) is 0 Å². The van der Waals surface area contributed by atoms with E-state index >= 15 is 0 Å². The fourth-order valence-corrected chi connectivity index (χ4v) is 3.46. The van der Waals surface area contributed by atoms with Gasteiger partial charge in [0.25, 0.3) is 5.91 Å². The third kappa shape index (κ3) is 3.88. The second-order valence-electron chi connectivity index (χ2n) is 6.58. The molecule has 2 heterocycles. The highest BCUT2D eigenvalue weighted by Crippen LogP contribution is 2.28. The van der Waals surface area contributed by atoms with Crippen LogP contribution < -0.4 is 10.1 Å². The third-order valence-corrected chi connectivity index (χ3v) is 5.01. The summed E-state index contributed by atoms with van der Waals surface area (Å²) in [6.07, 6.45) is 1.61. The zero-order chi connectivity index (χ0) is 19.5. The van der Waals surface area contributed by atoms with Gasteiger partial charge in [-0.15, -0.1) is 0 Å². The lowest BCUT2D eigenvalue weighted by Crippen LogP contribution is -2.27. The zero-order valence-electron chi connectivity index (χ0n) is 15.4. The Labute approximate surface area is 168 Å². The number of benzene rings is 2. The van der Waals surface area contributed by atoms with Crippen LogP contribution in [0.15, 0.2) is 54.9 Å². The molecule has 0 radical (unpaired) electrons.